The van der Waals surface area contributed by atoms with Crippen molar-refractivity contribution in [1.82, 2.24) is 5.32 Å². The van der Waals surface area contributed by atoms with Gasteiger partial charge < -0.3 is 5.32 Å². The van der Waals surface area contributed by atoms with Crippen LogP contribution in [0.3, 0.4) is 0 Å². The highest BCUT2D eigenvalue weighted by atomic mass is 14.7. The number of hydrogen-bond donors (Lipinski definition) is 1. The Kier molecular flexibility index (Phi) is 699. The quantitative estimate of drug-likeness (QED) is 0.583. The van der Waals surface area contributed by atoms with Gasteiger partial charge in [-0.3, -0.25) is 0 Å². The summed E-state index contributed by atoms with van der Waals surface area (Å²) < 4.78 is 0. The average Bonchev–Trinajstić information content (AvgIpc) is 2.16. The molecule has 0 saturated heterocycles. The molecule has 1 N–H and O–H groups in total. The van der Waals surface area contributed by atoms with Crippen molar-refractivity contribution in [3.8, 4) is 0 Å². The van der Waals surface area contributed by atoms with E-state index in [9.17, 15) is 0 Å². The molecular formula is C11H33N. The smallest absolute Gasteiger partial charge is 0.0167 e. The van der Waals surface area contributed by atoms with Crippen LogP contribution in [0.2, 0.25) is 0 Å². The zero-order chi connectivity index (χ0) is 11.4. The van der Waals surface area contributed by atoms with Gasteiger partial charge in [0.1, 0.15) is 0 Å². The normalized spacial score (nSPS) is 4.50. The van der Waals surface area contributed by atoms with E-state index in [1.807, 2.05) is 55.6 Å². The maximum absolute atomic E-state index is 2.75. The van der Waals surface area contributed by atoms with Crippen LogP contribution in [0.5, 0.6) is 0 Å². The number of rotatable bonds is 0. The second kappa shape index (κ2) is 283. The Hall–Kier alpha value is -0.0400. The van der Waals surface area contributed by atoms with Crippen molar-refractivity contribution in [2.24, 2.45) is 0 Å². The molecule has 0 spiro atoms. The molecule has 0 bridgehead atoms. The van der Waals surface area contributed by atoms with E-state index in [4.69, 9.17) is 0 Å². The Morgan fingerprint density at radius 2 is 0.667 bits per heavy atom. The molecule has 0 atom stereocenters. The molecule has 0 unspecified atom stereocenters. The van der Waals surface area contributed by atoms with Crippen LogP contribution < -0.4 is 5.32 Å². The molecule has 0 aliphatic carbocycles. The van der Waals surface area contributed by atoms with Crippen LogP contribution in [0.4, 0.5) is 0 Å². The zero-order valence-electron chi connectivity index (χ0n) is 11.2. The van der Waals surface area contributed by atoms with Crippen LogP contribution in [0.15, 0.2) is 0 Å². The molecular weight excluding hydrogens is 146 g/mol. The lowest BCUT2D eigenvalue weighted by Gasteiger charge is -1.59. The van der Waals surface area contributed by atoms with Gasteiger partial charge in [-0.25, -0.2) is 0 Å². The summed E-state index contributed by atoms with van der Waals surface area (Å²) in [4.78, 5) is 0. The summed E-state index contributed by atoms with van der Waals surface area (Å²) in [5, 5.41) is 2.75. The highest BCUT2D eigenvalue weighted by Crippen LogP contribution is 1.56. The van der Waals surface area contributed by atoms with E-state index < -0.39 is 0 Å². The predicted octanol–water partition coefficient (Wildman–Crippen LogP) is 4.33. The van der Waals surface area contributed by atoms with Crippen molar-refractivity contribution in [2.45, 2.75) is 61.8 Å². The predicted molar refractivity (Wildman–Crippen MR) is 65.0 cm³/mol. The molecule has 0 aliphatic rings. The van der Waals surface area contributed by atoms with E-state index in [1.165, 1.54) is 6.42 Å². The molecule has 0 aromatic carbocycles. The Morgan fingerprint density at radius 3 is 0.667 bits per heavy atom. The van der Waals surface area contributed by atoms with E-state index in [0.29, 0.717) is 0 Å². The molecule has 12 heavy (non-hydrogen) atoms. The first-order chi connectivity index (χ1) is 5.83. The van der Waals surface area contributed by atoms with Crippen LogP contribution >= 0.6 is 0 Å². The van der Waals surface area contributed by atoms with Gasteiger partial charge in [-0.1, -0.05) is 61.8 Å². The van der Waals surface area contributed by atoms with Crippen LogP contribution in [0.1, 0.15) is 61.8 Å². The highest BCUT2D eigenvalue weighted by molar-refractivity contribution is 3.92. The molecule has 1 nitrogen and oxygen atoms in total. The highest BCUT2D eigenvalue weighted by Gasteiger charge is 1.35. The molecule has 0 fully saturated rings. The monoisotopic (exact) mass is 179 g/mol. The molecule has 0 aliphatic heterocycles. The van der Waals surface area contributed by atoms with Crippen molar-refractivity contribution in [3.63, 3.8) is 0 Å². The number of hydrogen-bond acceptors (Lipinski definition) is 1. The topological polar surface area (TPSA) is 12.0 Å². The second-order valence-corrected chi connectivity index (χ2v) is 1.21. The van der Waals surface area contributed by atoms with Crippen molar-refractivity contribution in [2.75, 3.05) is 14.1 Å². The molecule has 0 amide bonds. The maximum Gasteiger partial charge on any atom is -0.0167 e. The Bertz CT molecular complexity index is 6.97. The summed E-state index contributed by atoms with van der Waals surface area (Å²) in [7, 11) is 3.75. The van der Waals surface area contributed by atoms with Crippen LogP contribution in [0.25, 0.3) is 0 Å². The lowest BCUT2D eigenvalue weighted by molar-refractivity contribution is 1.02. The SMILES string of the molecule is CC.CC.CC.CCC.CNC. The lowest BCUT2D eigenvalue weighted by Crippen LogP contribution is -1.89. The van der Waals surface area contributed by atoms with Crippen LogP contribution in [0, 0.1) is 0 Å². The fourth-order valence-corrected chi connectivity index (χ4v) is 0. The van der Waals surface area contributed by atoms with Crippen LogP contribution in [-0.2, 0) is 0 Å². The zero-order valence-corrected chi connectivity index (χ0v) is 11.2. The molecule has 0 saturated carbocycles. The average molecular weight is 179 g/mol. The van der Waals surface area contributed by atoms with Gasteiger partial charge >= 0.3 is 0 Å². The Labute approximate surface area is 82.0 Å². The van der Waals surface area contributed by atoms with Crippen molar-refractivity contribution >= 4 is 0 Å². The summed E-state index contributed by atoms with van der Waals surface area (Å²) in [6.45, 7) is 16.2. The minimum Gasteiger partial charge on any atom is -0.323 e. The van der Waals surface area contributed by atoms with Gasteiger partial charge in [-0.15, -0.1) is 0 Å². The third-order valence-corrected chi connectivity index (χ3v) is 0. The number of nitrogens with one attached hydrogen (secondary N) is 1. The first-order valence-corrected chi connectivity index (χ1v) is 5.41. The minimum atomic E-state index is 1.25. The van der Waals surface area contributed by atoms with Crippen molar-refractivity contribution < 1.29 is 0 Å². The molecule has 0 aromatic heterocycles. The maximum atomic E-state index is 2.75. The third-order valence-electron chi connectivity index (χ3n) is 0. The standard InChI is InChI=1S/C3H8.C2H7N.3C2H6/c2*1-3-2;3*1-2/h3H2,1-2H3;3H,1-2H3;3*1-2H3. The molecule has 0 rings (SSSR count). The molecule has 1 heteroatoms. The van der Waals surface area contributed by atoms with Gasteiger partial charge in [0.05, 0.1) is 0 Å². The summed E-state index contributed by atoms with van der Waals surface area (Å²) in [5.41, 5.74) is 0. The summed E-state index contributed by atoms with van der Waals surface area (Å²) in [6.07, 6.45) is 1.25. The van der Waals surface area contributed by atoms with E-state index >= 15 is 0 Å². The fraction of sp³-hybridized carbons (Fsp3) is 1.00. The van der Waals surface area contributed by atoms with E-state index in [0.717, 1.165) is 0 Å². The van der Waals surface area contributed by atoms with Crippen molar-refractivity contribution in [1.29, 1.82) is 0 Å². The van der Waals surface area contributed by atoms with Crippen LogP contribution in [-0.4, -0.2) is 14.1 Å². The van der Waals surface area contributed by atoms with Gasteiger partial charge in [-0.05, 0) is 14.1 Å². The molecule has 0 radical (unpaired) electrons. The largest absolute Gasteiger partial charge is 0.323 e. The van der Waals surface area contributed by atoms with E-state index in [2.05, 4.69) is 19.2 Å². The van der Waals surface area contributed by atoms with Gasteiger partial charge in [-0.2, -0.15) is 0 Å². The van der Waals surface area contributed by atoms with Gasteiger partial charge in [0, 0.05) is 0 Å². The second-order valence-electron chi connectivity index (χ2n) is 1.21. The van der Waals surface area contributed by atoms with Gasteiger partial charge in [0.15, 0.2) is 0 Å². The first-order valence-electron chi connectivity index (χ1n) is 5.41. The molecule has 0 aromatic rings. The van der Waals surface area contributed by atoms with Gasteiger partial charge in [0.25, 0.3) is 0 Å². The summed E-state index contributed by atoms with van der Waals surface area (Å²) in [6, 6.07) is 0. The van der Waals surface area contributed by atoms with E-state index in [-0.39, 0.29) is 0 Å². The van der Waals surface area contributed by atoms with Crippen molar-refractivity contribution in [3.05, 3.63) is 0 Å². The summed E-state index contributed by atoms with van der Waals surface area (Å²) in [5.74, 6) is 0. The molecule has 0 heterocycles. The van der Waals surface area contributed by atoms with Gasteiger partial charge in [0.2, 0.25) is 0 Å². The lowest BCUT2D eigenvalue weighted by atomic mass is 10.6. The summed E-state index contributed by atoms with van der Waals surface area (Å²) >= 11 is 0. The minimum absolute atomic E-state index is 1.25. The fourth-order valence-electron chi connectivity index (χ4n) is 0. The molecule has 82 valence electrons. The van der Waals surface area contributed by atoms with E-state index in [1.54, 1.807) is 0 Å². The Morgan fingerprint density at radius 1 is 0.667 bits per heavy atom. The Balaban J connectivity index is -0.0000000174. The third kappa shape index (κ3) is 500000. The first kappa shape index (κ1) is 29.7.